The van der Waals surface area contributed by atoms with Crippen LogP contribution in [0, 0.1) is 13.8 Å². The van der Waals surface area contributed by atoms with Gasteiger partial charge >= 0.3 is 0 Å². The Morgan fingerprint density at radius 3 is 2.82 bits per heavy atom. The van der Waals surface area contributed by atoms with Gasteiger partial charge in [0.1, 0.15) is 0 Å². The van der Waals surface area contributed by atoms with Crippen LogP contribution in [0.25, 0.3) is 0 Å². The molecule has 0 aromatic carbocycles. The van der Waals surface area contributed by atoms with Gasteiger partial charge in [0.2, 0.25) is 5.91 Å². The standard InChI is InChI=1S/C12H19N3O2/c1-9-3-4-10(2)15(9)14-12(16)7-11-8-13-5-6-17-11/h3-4,11,13H,5-8H2,1-2H3,(H,14,16). The van der Waals surface area contributed by atoms with Crippen molar-refractivity contribution in [2.75, 3.05) is 25.1 Å². The van der Waals surface area contributed by atoms with Crippen molar-refractivity contribution in [2.45, 2.75) is 26.4 Å². The Morgan fingerprint density at radius 2 is 2.24 bits per heavy atom. The van der Waals surface area contributed by atoms with E-state index in [-0.39, 0.29) is 12.0 Å². The number of carbonyl (C=O) groups excluding carboxylic acids is 1. The first-order valence-electron chi connectivity index (χ1n) is 5.94. The van der Waals surface area contributed by atoms with Crippen molar-refractivity contribution in [3.8, 4) is 0 Å². The highest BCUT2D eigenvalue weighted by molar-refractivity contribution is 5.84. The Labute approximate surface area is 101 Å². The minimum Gasteiger partial charge on any atom is -0.375 e. The molecule has 1 aliphatic heterocycles. The molecule has 2 heterocycles. The van der Waals surface area contributed by atoms with Crippen molar-refractivity contribution in [1.29, 1.82) is 0 Å². The monoisotopic (exact) mass is 237 g/mol. The van der Waals surface area contributed by atoms with Crippen LogP contribution in [-0.4, -0.2) is 36.4 Å². The van der Waals surface area contributed by atoms with Gasteiger partial charge in [0, 0.05) is 24.5 Å². The predicted molar refractivity (Wildman–Crippen MR) is 65.5 cm³/mol. The van der Waals surface area contributed by atoms with Gasteiger partial charge in [-0.2, -0.15) is 0 Å². The lowest BCUT2D eigenvalue weighted by Gasteiger charge is -2.23. The molecule has 2 N–H and O–H groups in total. The topological polar surface area (TPSA) is 55.3 Å². The van der Waals surface area contributed by atoms with Crippen molar-refractivity contribution in [3.05, 3.63) is 23.5 Å². The molecule has 5 heteroatoms. The summed E-state index contributed by atoms with van der Waals surface area (Å²) in [4.78, 5) is 11.8. The van der Waals surface area contributed by atoms with Gasteiger partial charge in [-0.3, -0.25) is 14.9 Å². The van der Waals surface area contributed by atoms with Crippen molar-refractivity contribution < 1.29 is 9.53 Å². The van der Waals surface area contributed by atoms with Gasteiger partial charge in [-0.15, -0.1) is 0 Å². The zero-order valence-corrected chi connectivity index (χ0v) is 10.3. The summed E-state index contributed by atoms with van der Waals surface area (Å²) < 4.78 is 7.30. The number of ether oxygens (including phenoxy) is 1. The molecule has 0 saturated carbocycles. The third-order valence-corrected chi connectivity index (χ3v) is 2.93. The summed E-state index contributed by atoms with van der Waals surface area (Å²) in [6.07, 6.45) is 0.379. The second kappa shape index (κ2) is 5.33. The van der Waals surface area contributed by atoms with Gasteiger partial charge in [-0.05, 0) is 26.0 Å². The van der Waals surface area contributed by atoms with Gasteiger partial charge in [-0.1, -0.05) is 0 Å². The zero-order valence-electron chi connectivity index (χ0n) is 10.3. The number of nitrogens with zero attached hydrogens (tertiary/aromatic N) is 1. The third-order valence-electron chi connectivity index (χ3n) is 2.93. The summed E-state index contributed by atoms with van der Waals surface area (Å²) in [6.45, 7) is 6.22. The van der Waals surface area contributed by atoms with Crippen LogP contribution in [0.15, 0.2) is 12.1 Å². The fourth-order valence-corrected chi connectivity index (χ4v) is 1.97. The maximum atomic E-state index is 11.8. The Hall–Kier alpha value is -1.33. The van der Waals surface area contributed by atoms with E-state index in [0.29, 0.717) is 13.0 Å². The molecule has 1 fully saturated rings. The predicted octanol–water partition coefficient (Wildman–Crippen LogP) is 0.554. The summed E-state index contributed by atoms with van der Waals surface area (Å²) >= 11 is 0. The molecule has 1 aromatic heterocycles. The molecule has 5 nitrogen and oxygen atoms in total. The molecule has 0 bridgehead atoms. The van der Waals surface area contributed by atoms with Crippen LogP contribution in [0.1, 0.15) is 17.8 Å². The van der Waals surface area contributed by atoms with Gasteiger partial charge in [0.05, 0.1) is 19.1 Å². The number of nitrogens with one attached hydrogen (secondary N) is 2. The number of amides is 1. The number of rotatable bonds is 3. The van der Waals surface area contributed by atoms with E-state index in [1.807, 2.05) is 26.0 Å². The van der Waals surface area contributed by atoms with Crippen LogP contribution in [0.5, 0.6) is 0 Å². The quantitative estimate of drug-likeness (QED) is 0.807. The average molecular weight is 237 g/mol. The maximum Gasteiger partial charge on any atom is 0.241 e. The largest absolute Gasteiger partial charge is 0.375 e. The van der Waals surface area contributed by atoms with E-state index in [0.717, 1.165) is 24.5 Å². The van der Waals surface area contributed by atoms with Crippen molar-refractivity contribution in [3.63, 3.8) is 0 Å². The lowest BCUT2D eigenvalue weighted by molar-refractivity contribution is -0.120. The first-order valence-corrected chi connectivity index (χ1v) is 5.94. The first kappa shape index (κ1) is 12.1. The Kier molecular flexibility index (Phi) is 3.81. The lowest BCUT2D eigenvalue weighted by atomic mass is 10.2. The molecule has 1 aliphatic rings. The number of aryl methyl sites for hydroxylation is 2. The van der Waals surface area contributed by atoms with E-state index >= 15 is 0 Å². The smallest absolute Gasteiger partial charge is 0.241 e. The summed E-state index contributed by atoms with van der Waals surface area (Å²) in [5, 5.41) is 3.21. The van der Waals surface area contributed by atoms with Crippen LogP contribution < -0.4 is 10.7 Å². The van der Waals surface area contributed by atoms with Crippen molar-refractivity contribution in [2.24, 2.45) is 0 Å². The number of morpholine rings is 1. The van der Waals surface area contributed by atoms with Crippen LogP contribution >= 0.6 is 0 Å². The Balaban J connectivity index is 1.88. The Morgan fingerprint density at radius 1 is 1.53 bits per heavy atom. The van der Waals surface area contributed by atoms with Gasteiger partial charge in [0.15, 0.2) is 0 Å². The molecule has 1 aromatic rings. The molecule has 17 heavy (non-hydrogen) atoms. The van der Waals surface area contributed by atoms with E-state index in [2.05, 4.69) is 10.7 Å². The third kappa shape index (κ3) is 3.08. The summed E-state index contributed by atoms with van der Waals surface area (Å²) in [6, 6.07) is 3.96. The van der Waals surface area contributed by atoms with Crippen LogP contribution in [0.4, 0.5) is 0 Å². The number of aromatic nitrogens is 1. The van der Waals surface area contributed by atoms with Gasteiger partial charge in [0.25, 0.3) is 0 Å². The van der Waals surface area contributed by atoms with Crippen molar-refractivity contribution in [1.82, 2.24) is 9.99 Å². The highest BCUT2D eigenvalue weighted by Crippen LogP contribution is 2.06. The minimum atomic E-state index is -0.0140. The molecule has 1 unspecified atom stereocenters. The fraction of sp³-hybridized carbons (Fsp3) is 0.583. The van der Waals surface area contributed by atoms with E-state index < -0.39 is 0 Å². The molecule has 1 atom stereocenters. The number of hydrogen-bond donors (Lipinski definition) is 2. The minimum absolute atomic E-state index is 0.0129. The summed E-state index contributed by atoms with van der Waals surface area (Å²) in [5.74, 6) is -0.0129. The number of carbonyl (C=O) groups is 1. The Bertz CT molecular complexity index is 375. The average Bonchev–Trinajstić information content (AvgIpc) is 2.62. The lowest BCUT2D eigenvalue weighted by Crippen LogP contribution is -2.41. The molecule has 1 amide bonds. The van der Waals surface area contributed by atoms with E-state index in [4.69, 9.17) is 4.74 Å². The molecule has 0 aliphatic carbocycles. The molecular weight excluding hydrogens is 218 g/mol. The normalized spacial score (nSPS) is 20.2. The highest BCUT2D eigenvalue weighted by atomic mass is 16.5. The number of hydrogen-bond acceptors (Lipinski definition) is 3. The van der Waals surface area contributed by atoms with Crippen LogP contribution in [-0.2, 0) is 9.53 Å². The summed E-state index contributed by atoms with van der Waals surface area (Å²) in [7, 11) is 0. The molecule has 1 saturated heterocycles. The van der Waals surface area contributed by atoms with Gasteiger partial charge < -0.3 is 10.1 Å². The van der Waals surface area contributed by atoms with E-state index in [1.165, 1.54) is 0 Å². The maximum absolute atomic E-state index is 11.8. The molecule has 0 spiro atoms. The zero-order chi connectivity index (χ0) is 12.3. The second-order valence-electron chi connectivity index (χ2n) is 4.39. The first-order chi connectivity index (χ1) is 8.16. The van der Waals surface area contributed by atoms with E-state index in [9.17, 15) is 4.79 Å². The SMILES string of the molecule is Cc1ccc(C)n1NC(=O)CC1CNCCO1. The highest BCUT2D eigenvalue weighted by Gasteiger charge is 2.17. The molecule has 0 radical (unpaired) electrons. The van der Waals surface area contributed by atoms with Gasteiger partial charge in [-0.25, -0.2) is 0 Å². The molecule has 94 valence electrons. The van der Waals surface area contributed by atoms with Crippen molar-refractivity contribution >= 4 is 5.91 Å². The summed E-state index contributed by atoms with van der Waals surface area (Å²) in [5.41, 5.74) is 4.93. The fourth-order valence-electron chi connectivity index (χ4n) is 1.97. The van der Waals surface area contributed by atoms with E-state index in [1.54, 1.807) is 4.68 Å². The van der Waals surface area contributed by atoms with Crippen LogP contribution in [0.2, 0.25) is 0 Å². The van der Waals surface area contributed by atoms with Crippen LogP contribution in [0.3, 0.4) is 0 Å². The molecule has 2 rings (SSSR count). The second-order valence-corrected chi connectivity index (χ2v) is 4.39. The molecular formula is C12H19N3O2.